The van der Waals surface area contributed by atoms with Gasteiger partial charge in [-0.05, 0) is 6.08 Å². The minimum atomic E-state index is -1.22. The van der Waals surface area contributed by atoms with Crippen molar-refractivity contribution >= 4 is 18.6 Å². The fourth-order valence-electron chi connectivity index (χ4n) is 0.237. The normalized spacial score (nSPS) is 13.2. The summed E-state index contributed by atoms with van der Waals surface area (Å²) >= 11 is 0. The van der Waals surface area contributed by atoms with E-state index in [9.17, 15) is 4.79 Å². The van der Waals surface area contributed by atoms with E-state index >= 15 is 0 Å². The smallest absolute Gasteiger partial charge is 0.449 e. The Bertz CT molecular complexity index is 129. The molecular weight excluding hydrogens is 131 g/mol. The minimum absolute atomic E-state index is 0. The van der Waals surface area contributed by atoms with E-state index in [2.05, 4.69) is 4.74 Å². The Balaban J connectivity index is 0.000000490. The summed E-state index contributed by atoms with van der Waals surface area (Å²) in [5.41, 5.74) is 0. The quantitative estimate of drug-likeness (QED) is 0.554. The molecular formula is C4H5ClO3. The molecule has 0 aromatic rings. The Morgan fingerprint density at radius 1 is 1.88 bits per heavy atom. The van der Waals surface area contributed by atoms with Gasteiger partial charge in [-0.25, -0.2) is 4.79 Å². The number of carbonyl (C=O) groups is 1. The van der Waals surface area contributed by atoms with Crippen molar-refractivity contribution in [3.63, 3.8) is 0 Å². The van der Waals surface area contributed by atoms with Crippen LogP contribution in [0.2, 0.25) is 0 Å². The van der Waals surface area contributed by atoms with Crippen LogP contribution in [0.4, 0.5) is 4.79 Å². The molecule has 3 nitrogen and oxygen atoms in total. The third-order valence-electron chi connectivity index (χ3n) is 0.589. The first-order valence-electron chi connectivity index (χ1n) is 1.89. The molecule has 4 heteroatoms. The van der Waals surface area contributed by atoms with Gasteiger partial charge in [0.05, 0.1) is 0 Å². The molecule has 1 rings (SSSR count). The van der Waals surface area contributed by atoms with Gasteiger partial charge in [0.1, 0.15) is 5.76 Å². The van der Waals surface area contributed by atoms with Crippen molar-refractivity contribution in [3.8, 4) is 0 Å². The topological polar surface area (TPSA) is 46.5 Å². The molecule has 1 N–H and O–H groups in total. The van der Waals surface area contributed by atoms with Gasteiger partial charge >= 0.3 is 6.16 Å². The number of ether oxygens (including phenoxy) is 1. The van der Waals surface area contributed by atoms with E-state index in [1.807, 2.05) is 0 Å². The van der Waals surface area contributed by atoms with Crippen LogP contribution in [-0.4, -0.2) is 11.3 Å². The fourth-order valence-corrected chi connectivity index (χ4v) is 0.237. The van der Waals surface area contributed by atoms with Crippen molar-refractivity contribution in [2.45, 2.75) is 6.42 Å². The zero-order valence-electron chi connectivity index (χ0n) is 3.96. The highest BCUT2D eigenvalue weighted by Crippen LogP contribution is 2.18. The van der Waals surface area contributed by atoms with Crippen molar-refractivity contribution in [1.29, 1.82) is 0 Å². The second-order valence-corrected chi connectivity index (χ2v) is 1.24. The summed E-state index contributed by atoms with van der Waals surface area (Å²) in [6, 6.07) is 0. The van der Waals surface area contributed by atoms with Crippen LogP contribution in [0.25, 0.3) is 0 Å². The predicted octanol–water partition coefficient (Wildman–Crippen LogP) is 1.39. The van der Waals surface area contributed by atoms with Crippen LogP contribution >= 0.6 is 12.4 Å². The van der Waals surface area contributed by atoms with Gasteiger partial charge in [0.15, 0.2) is 0 Å². The molecule has 0 fully saturated rings. The van der Waals surface area contributed by atoms with Crippen LogP contribution < -0.4 is 0 Å². The maximum atomic E-state index is 9.59. The van der Waals surface area contributed by atoms with Gasteiger partial charge in [-0.3, -0.25) is 0 Å². The van der Waals surface area contributed by atoms with Crippen LogP contribution in [0, 0.1) is 0 Å². The lowest BCUT2D eigenvalue weighted by molar-refractivity contribution is 0.122. The van der Waals surface area contributed by atoms with Crippen LogP contribution in [0.3, 0.4) is 0 Å². The summed E-state index contributed by atoms with van der Waals surface area (Å²) in [6.45, 7) is 0. The fraction of sp³-hybridized carbons (Fsp3) is 0.250. The van der Waals surface area contributed by atoms with E-state index in [0.717, 1.165) is 0 Å². The molecule has 46 valence electrons. The average molecular weight is 137 g/mol. The third-order valence-corrected chi connectivity index (χ3v) is 0.589. The number of carboxylic acid groups (broad SMARTS) is 1. The molecule has 0 amide bonds. The number of hydrogen-bond donors (Lipinski definition) is 1. The molecule has 1 aliphatic carbocycles. The van der Waals surface area contributed by atoms with Gasteiger partial charge < -0.3 is 9.84 Å². The monoisotopic (exact) mass is 136 g/mol. The zero-order valence-corrected chi connectivity index (χ0v) is 4.77. The molecule has 0 aromatic carbocycles. The van der Waals surface area contributed by atoms with Crippen molar-refractivity contribution in [2.75, 3.05) is 0 Å². The van der Waals surface area contributed by atoms with Gasteiger partial charge in [-0.2, -0.15) is 0 Å². The summed E-state index contributed by atoms with van der Waals surface area (Å²) in [5.74, 6) is 0.563. The summed E-state index contributed by atoms with van der Waals surface area (Å²) in [4.78, 5) is 9.59. The van der Waals surface area contributed by atoms with Gasteiger partial charge in [0, 0.05) is 6.42 Å². The van der Waals surface area contributed by atoms with Crippen molar-refractivity contribution in [2.24, 2.45) is 0 Å². The molecule has 0 spiro atoms. The number of halogens is 1. The molecule has 0 heterocycles. The van der Waals surface area contributed by atoms with E-state index in [1.165, 1.54) is 0 Å². The number of rotatable bonds is 1. The SMILES string of the molecule is Cl.O=C(O)OC1=CC1. The lowest BCUT2D eigenvalue weighted by Crippen LogP contribution is -1.92. The van der Waals surface area contributed by atoms with Crippen LogP contribution in [0.5, 0.6) is 0 Å². The van der Waals surface area contributed by atoms with Crippen LogP contribution in [0.15, 0.2) is 11.8 Å². The first-order chi connectivity index (χ1) is 3.29. The molecule has 0 unspecified atom stereocenters. The van der Waals surface area contributed by atoms with Crippen molar-refractivity contribution in [1.82, 2.24) is 0 Å². The standard InChI is InChI=1S/C4H4O3.ClH/c5-4(6)7-3-1-2-3;/h1H,2H2,(H,5,6);1H. The zero-order chi connectivity index (χ0) is 5.28. The Kier molecular flexibility index (Phi) is 2.34. The molecule has 0 saturated carbocycles. The van der Waals surface area contributed by atoms with Crippen molar-refractivity contribution in [3.05, 3.63) is 11.8 Å². The Morgan fingerprint density at radius 2 is 2.38 bits per heavy atom. The molecule has 0 atom stereocenters. The lowest BCUT2D eigenvalue weighted by Gasteiger charge is -1.85. The molecule has 1 aliphatic rings. The van der Waals surface area contributed by atoms with Gasteiger partial charge in [-0.1, -0.05) is 0 Å². The maximum Gasteiger partial charge on any atom is 0.511 e. The summed E-state index contributed by atoms with van der Waals surface area (Å²) in [5, 5.41) is 7.86. The van der Waals surface area contributed by atoms with Gasteiger partial charge in [0.25, 0.3) is 0 Å². The summed E-state index contributed by atoms with van der Waals surface area (Å²) in [6.07, 6.45) is 1.18. The Hall–Kier alpha value is -0.700. The highest BCUT2D eigenvalue weighted by molar-refractivity contribution is 5.85. The Labute approximate surface area is 52.4 Å². The first kappa shape index (κ1) is 7.30. The summed E-state index contributed by atoms with van der Waals surface area (Å²) < 4.78 is 4.14. The number of allylic oxidation sites excluding steroid dienone is 2. The highest BCUT2D eigenvalue weighted by atomic mass is 35.5. The van der Waals surface area contributed by atoms with E-state index in [-0.39, 0.29) is 12.4 Å². The second-order valence-electron chi connectivity index (χ2n) is 1.24. The maximum absolute atomic E-state index is 9.59. The van der Waals surface area contributed by atoms with E-state index in [0.29, 0.717) is 12.2 Å². The average Bonchev–Trinajstić information content (AvgIpc) is 2.17. The molecule has 0 saturated heterocycles. The highest BCUT2D eigenvalue weighted by Gasteiger charge is 2.11. The molecule has 0 bridgehead atoms. The van der Waals surface area contributed by atoms with E-state index in [1.54, 1.807) is 6.08 Å². The molecule has 0 aromatic heterocycles. The van der Waals surface area contributed by atoms with E-state index in [4.69, 9.17) is 5.11 Å². The third kappa shape index (κ3) is 2.47. The predicted molar refractivity (Wildman–Crippen MR) is 29.1 cm³/mol. The van der Waals surface area contributed by atoms with Crippen LogP contribution in [0.1, 0.15) is 6.42 Å². The largest absolute Gasteiger partial charge is 0.511 e. The van der Waals surface area contributed by atoms with E-state index < -0.39 is 6.16 Å². The molecule has 0 radical (unpaired) electrons. The summed E-state index contributed by atoms with van der Waals surface area (Å²) in [7, 11) is 0. The minimum Gasteiger partial charge on any atom is -0.449 e. The van der Waals surface area contributed by atoms with Crippen LogP contribution in [-0.2, 0) is 4.74 Å². The Morgan fingerprint density at radius 3 is 2.50 bits per heavy atom. The molecule has 0 aliphatic heterocycles. The van der Waals surface area contributed by atoms with Crippen molar-refractivity contribution < 1.29 is 14.6 Å². The molecule has 8 heavy (non-hydrogen) atoms. The van der Waals surface area contributed by atoms with Gasteiger partial charge in [-0.15, -0.1) is 12.4 Å². The number of hydrogen-bond acceptors (Lipinski definition) is 2. The first-order valence-corrected chi connectivity index (χ1v) is 1.89. The lowest BCUT2D eigenvalue weighted by atomic mass is 10.8. The van der Waals surface area contributed by atoms with Gasteiger partial charge in [0.2, 0.25) is 0 Å². The second kappa shape index (κ2) is 2.57.